The van der Waals surface area contributed by atoms with E-state index in [2.05, 4.69) is 124 Å². The van der Waals surface area contributed by atoms with Gasteiger partial charge in [0.1, 0.15) is 0 Å². The molecule has 0 saturated heterocycles. The Labute approximate surface area is 336 Å². The van der Waals surface area contributed by atoms with Gasteiger partial charge in [-0.3, -0.25) is 0 Å². The Balaban J connectivity index is 0.000000213. The minimum absolute atomic E-state index is 0. The first-order valence-corrected chi connectivity index (χ1v) is 22.8. The van der Waals surface area contributed by atoms with Gasteiger partial charge in [-0.05, 0) is 77.4 Å². The third kappa shape index (κ3) is 8.52. The molecule has 4 heterocycles. The van der Waals surface area contributed by atoms with E-state index in [4.69, 9.17) is 14.4 Å². The van der Waals surface area contributed by atoms with E-state index in [1.54, 1.807) is 0 Å². The summed E-state index contributed by atoms with van der Waals surface area (Å²) in [5.74, 6) is 1.83. The number of pyridine rings is 3. The fourth-order valence-electron chi connectivity index (χ4n) is 7.95. The Morgan fingerprint density at radius 1 is 0.796 bits per heavy atom. The zero-order valence-corrected chi connectivity index (χ0v) is 36.1. The van der Waals surface area contributed by atoms with E-state index in [1.165, 1.54) is 48.4 Å². The van der Waals surface area contributed by atoms with Gasteiger partial charge in [-0.25, -0.2) is 4.98 Å². The van der Waals surface area contributed by atoms with Crippen molar-refractivity contribution in [3.8, 4) is 33.6 Å². The Kier molecular flexibility index (Phi) is 12.5. The third-order valence-corrected chi connectivity index (χ3v) is 12.9. The zero-order valence-electron chi connectivity index (χ0n) is 32.7. The number of hydrogen-bond acceptors (Lipinski definition) is 4. The van der Waals surface area contributed by atoms with Gasteiger partial charge in [-0.15, -0.1) is 54.1 Å². The molecule has 0 aliphatic heterocycles. The van der Waals surface area contributed by atoms with Crippen molar-refractivity contribution in [2.75, 3.05) is 0 Å². The fourth-order valence-corrected chi connectivity index (χ4v) is 9.63. The average Bonchev–Trinajstić information content (AvgIpc) is 3.56. The van der Waals surface area contributed by atoms with Crippen molar-refractivity contribution in [1.82, 2.24) is 15.0 Å². The first-order chi connectivity index (χ1) is 25.6. The molecule has 3 aromatic carbocycles. The second-order valence-electron chi connectivity index (χ2n) is 16.1. The Hall–Kier alpha value is -4.22. The molecule has 4 nitrogen and oxygen atoms in total. The molecule has 1 radical (unpaired) electrons. The minimum atomic E-state index is -1.34. The number of benzene rings is 3. The summed E-state index contributed by atoms with van der Waals surface area (Å²) in [6.45, 7) is 16.1. The van der Waals surface area contributed by atoms with Crippen LogP contribution < -0.4 is 5.19 Å². The van der Waals surface area contributed by atoms with Crippen LogP contribution in [0.15, 0.2) is 108 Å². The summed E-state index contributed by atoms with van der Waals surface area (Å²) in [4.78, 5) is 14.1. The summed E-state index contributed by atoms with van der Waals surface area (Å²) < 4.78 is 6.42. The maximum atomic E-state index is 6.42. The molecule has 1 aliphatic rings. The third-order valence-electron chi connectivity index (χ3n) is 10.9. The number of hydrogen-bond donors (Lipinski definition) is 0. The minimum Gasteiger partial charge on any atom is -0.486 e. The molecule has 4 aromatic heterocycles. The van der Waals surface area contributed by atoms with Crippen LogP contribution in [0, 0.1) is 25.0 Å². The van der Waals surface area contributed by atoms with Gasteiger partial charge in [0.15, 0.2) is 0 Å². The molecule has 1 unspecified atom stereocenters. The van der Waals surface area contributed by atoms with Crippen molar-refractivity contribution >= 4 is 35.3 Å². The average molecular weight is 906 g/mol. The van der Waals surface area contributed by atoms with Crippen LogP contribution in [-0.2, 0) is 20.1 Å². The first kappa shape index (κ1) is 39.5. The number of aryl methyl sites for hydroxylation is 1. The quantitative estimate of drug-likeness (QED) is 0.118. The molecular formula is C48H51IrN3OSi-2. The van der Waals surface area contributed by atoms with Crippen LogP contribution in [0.2, 0.25) is 19.6 Å². The molecule has 279 valence electrons. The summed E-state index contributed by atoms with van der Waals surface area (Å²) in [5, 5.41) is 3.58. The maximum absolute atomic E-state index is 6.42. The number of rotatable bonds is 7. The maximum Gasteiger partial charge on any atom is 0.216 e. The van der Waals surface area contributed by atoms with Crippen molar-refractivity contribution < 1.29 is 24.5 Å². The van der Waals surface area contributed by atoms with Crippen molar-refractivity contribution in [1.29, 1.82) is 0 Å². The van der Waals surface area contributed by atoms with Gasteiger partial charge < -0.3 is 14.4 Å². The van der Waals surface area contributed by atoms with E-state index in [0.29, 0.717) is 17.5 Å². The van der Waals surface area contributed by atoms with Gasteiger partial charge in [-0.1, -0.05) is 124 Å². The van der Waals surface area contributed by atoms with Crippen LogP contribution in [0.1, 0.15) is 81.5 Å². The molecule has 1 aliphatic carbocycles. The summed E-state index contributed by atoms with van der Waals surface area (Å²) >= 11 is 0. The van der Waals surface area contributed by atoms with Crippen LogP contribution in [0.3, 0.4) is 0 Å². The van der Waals surface area contributed by atoms with E-state index in [-0.39, 0.29) is 20.1 Å². The molecule has 6 heteroatoms. The molecule has 0 spiro atoms. The van der Waals surface area contributed by atoms with E-state index in [1.807, 2.05) is 43.5 Å². The predicted octanol–water partition coefficient (Wildman–Crippen LogP) is 12.7. The van der Waals surface area contributed by atoms with E-state index in [9.17, 15) is 0 Å². The van der Waals surface area contributed by atoms with E-state index >= 15 is 0 Å². The predicted molar refractivity (Wildman–Crippen MR) is 224 cm³/mol. The molecule has 0 amide bonds. The van der Waals surface area contributed by atoms with Crippen LogP contribution in [0.4, 0.5) is 0 Å². The number of aromatic nitrogens is 3. The fraction of sp³-hybridized carbons (Fsp3) is 0.312. The Morgan fingerprint density at radius 2 is 1.56 bits per heavy atom. The Bertz CT molecular complexity index is 2320. The molecule has 54 heavy (non-hydrogen) atoms. The van der Waals surface area contributed by atoms with Gasteiger partial charge in [0.25, 0.3) is 0 Å². The van der Waals surface area contributed by atoms with Crippen LogP contribution >= 0.6 is 0 Å². The van der Waals surface area contributed by atoms with E-state index < -0.39 is 8.07 Å². The number of nitrogens with zero attached hydrogens (tertiary/aromatic N) is 3. The summed E-state index contributed by atoms with van der Waals surface area (Å²) in [5.41, 5.74) is 11.5. The van der Waals surface area contributed by atoms with E-state index in [0.717, 1.165) is 61.6 Å². The molecule has 0 bridgehead atoms. The van der Waals surface area contributed by atoms with Crippen molar-refractivity contribution in [2.45, 2.75) is 91.3 Å². The molecule has 1 atom stereocenters. The summed E-state index contributed by atoms with van der Waals surface area (Å²) in [7, 11) is -1.34. The zero-order chi connectivity index (χ0) is 37.1. The smallest absolute Gasteiger partial charge is 0.216 e. The monoisotopic (exact) mass is 906 g/mol. The largest absolute Gasteiger partial charge is 0.486 e. The Morgan fingerprint density at radius 3 is 2.26 bits per heavy atom. The summed E-state index contributed by atoms with van der Waals surface area (Å²) in [6, 6.07) is 38.1. The van der Waals surface area contributed by atoms with Gasteiger partial charge in [0.2, 0.25) is 5.71 Å². The molecule has 8 rings (SSSR count). The second-order valence-corrected chi connectivity index (χ2v) is 21.1. The molecule has 1 saturated carbocycles. The van der Waals surface area contributed by atoms with Crippen LogP contribution in [-0.4, -0.2) is 23.0 Å². The van der Waals surface area contributed by atoms with Crippen molar-refractivity contribution in [3.05, 3.63) is 132 Å². The standard InChI is InChI=1S/C31H29N2O.C17H22NSi.Ir/c1-20-18-27(23-12-7-4-8-13-23)29-26-15-9-14-25(30(26)34-31(29)33-20)28-19-24(16-17-32-28)21(2)22-10-5-3-6-11-22;1-13(2)15-11-16(14-9-7-6-8-10-14)18-12-17(15)19(3,4)5;/h4,7-9,12-13,15-19,21-22H,3,5-6,10-11H2,1-2H3;6-9,11-13H,1-5H3;/q2*-1;. The topological polar surface area (TPSA) is 51.8 Å². The number of fused-ring (bicyclic) bond motifs is 3. The van der Waals surface area contributed by atoms with Gasteiger partial charge >= 0.3 is 0 Å². The molecule has 0 N–H and O–H groups in total. The van der Waals surface area contributed by atoms with Crippen molar-refractivity contribution in [3.63, 3.8) is 0 Å². The molecular weight excluding hydrogens is 855 g/mol. The molecule has 7 aromatic rings. The van der Waals surface area contributed by atoms with Crippen LogP contribution in [0.5, 0.6) is 0 Å². The second kappa shape index (κ2) is 17.1. The van der Waals surface area contributed by atoms with Gasteiger partial charge in [-0.2, -0.15) is 0 Å². The van der Waals surface area contributed by atoms with Crippen LogP contribution in [0.25, 0.3) is 55.7 Å². The SMILES string of the molecule is CC(C)c1cc(-c2[c-]cccc2)ncc1[Si](C)(C)C.Cc1cc(-c2ccccc2)c2c(n1)oc1c(-c3cc(C(C)C4CCCCC4)ccn3)[c-]ccc12.[Ir]. The number of furan rings is 1. The normalized spacial score (nSPS) is 14.1. The van der Waals surface area contributed by atoms with Gasteiger partial charge in [0.05, 0.1) is 13.7 Å². The van der Waals surface area contributed by atoms with Crippen molar-refractivity contribution in [2.24, 2.45) is 5.92 Å². The summed E-state index contributed by atoms with van der Waals surface area (Å²) in [6.07, 6.45) is 10.8. The first-order valence-electron chi connectivity index (χ1n) is 19.3. The van der Waals surface area contributed by atoms with Gasteiger partial charge in [0, 0.05) is 43.6 Å². The molecule has 1 fully saturated rings.